The Hall–Kier alpha value is -2.17. The molecule has 7 nitrogen and oxygen atoms in total. The number of nitrogens with one attached hydrogen (secondary N) is 2. The average Bonchev–Trinajstić information content (AvgIpc) is 3.15. The molecular weight excluding hydrogens is 565 g/mol. The SMILES string of the molecule is CC(C)C[C@H](NC(=O)c1cc2ccccc2s1)C(=O)N[C@@H]1CCCN(S(=O)(=O)c2ccc(Cl)cc2Cl)CC1. The molecule has 38 heavy (non-hydrogen) atoms. The van der Waals surface area contributed by atoms with E-state index in [1.807, 2.05) is 44.2 Å². The first-order valence-corrected chi connectivity index (χ1v) is 15.6. The van der Waals surface area contributed by atoms with Crippen LogP contribution in [0, 0.1) is 5.92 Å². The van der Waals surface area contributed by atoms with Gasteiger partial charge >= 0.3 is 0 Å². The number of thiophene rings is 1. The van der Waals surface area contributed by atoms with E-state index in [4.69, 9.17) is 23.2 Å². The molecule has 1 aromatic heterocycles. The van der Waals surface area contributed by atoms with Crippen LogP contribution >= 0.6 is 34.5 Å². The van der Waals surface area contributed by atoms with E-state index >= 15 is 0 Å². The Bertz CT molecular complexity index is 1390. The highest BCUT2D eigenvalue weighted by molar-refractivity contribution is 7.89. The summed E-state index contributed by atoms with van der Waals surface area (Å²) in [6.07, 6.45) is 2.16. The van der Waals surface area contributed by atoms with Gasteiger partial charge in [-0.05, 0) is 67.3 Å². The van der Waals surface area contributed by atoms with Crippen LogP contribution in [0.1, 0.15) is 49.2 Å². The molecule has 1 aliphatic rings. The fraction of sp³-hybridized carbons (Fsp3) is 0.407. The van der Waals surface area contributed by atoms with E-state index in [1.54, 1.807) is 0 Å². The van der Waals surface area contributed by atoms with E-state index in [2.05, 4.69) is 10.6 Å². The molecule has 1 saturated heterocycles. The van der Waals surface area contributed by atoms with Crippen molar-refractivity contribution in [2.45, 2.75) is 56.5 Å². The Morgan fingerprint density at radius 3 is 2.55 bits per heavy atom. The predicted molar refractivity (Wildman–Crippen MR) is 154 cm³/mol. The molecule has 4 rings (SSSR count). The van der Waals surface area contributed by atoms with Crippen molar-refractivity contribution >= 4 is 66.5 Å². The number of halogens is 2. The maximum atomic E-state index is 13.3. The van der Waals surface area contributed by atoms with Gasteiger partial charge in [-0.1, -0.05) is 55.2 Å². The summed E-state index contributed by atoms with van der Waals surface area (Å²) in [5.41, 5.74) is 0. The maximum Gasteiger partial charge on any atom is 0.262 e. The first-order chi connectivity index (χ1) is 18.0. The number of rotatable bonds is 8. The molecule has 11 heteroatoms. The number of benzene rings is 2. The second-order valence-corrected chi connectivity index (χ2v) is 13.8. The number of carbonyl (C=O) groups excluding carboxylic acids is 2. The number of carbonyl (C=O) groups is 2. The Balaban J connectivity index is 1.41. The maximum absolute atomic E-state index is 13.3. The molecule has 0 spiro atoms. The summed E-state index contributed by atoms with van der Waals surface area (Å²) in [6.45, 7) is 4.57. The van der Waals surface area contributed by atoms with E-state index in [0.717, 1.165) is 10.1 Å². The largest absolute Gasteiger partial charge is 0.352 e. The second kappa shape index (κ2) is 12.3. The van der Waals surface area contributed by atoms with E-state index < -0.39 is 16.1 Å². The number of fused-ring (bicyclic) bond motifs is 1. The van der Waals surface area contributed by atoms with Gasteiger partial charge in [0.25, 0.3) is 5.91 Å². The van der Waals surface area contributed by atoms with Gasteiger partial charge < -0.3 is 10.6 Å². The summed E-state index contributed by atoms with van der Waals surface area (Å²) in [4.78, 5) is 26.9. The van der Waals surface area contributed by atoms with Gasteiger partial charge in [-0.15, -0.1) is 11.3 Å². The highest BCUT2D eigenvalue weighted by Crippen LogP contribution is 2.29. The quantitative estimate of drug-likeness (QED) is 0.348. The van der Waals surface area contributed by atoms with E-state index in [-0.39, 0.29) is 40.2 Å². The van der Waals surface area contributed by atoms with E-state index in [1.165, 1.54) is 33.8 Å². The summed E-state index contributed by atoms with van der Waals surface area (Å²) in [6, 6.07) is 13.0. The molecule has 1 fully saturated rings. The zero-order valence-electron chi connectivity index (χ0n) is 21.2. The highest BCUT2D eigenvalue weighted by Gasteiger charge is 2.31. The number of hydrogen-bond acceptors (Lipinski definition) is 5. The van der Waals surface area contributed by atoms with Crippen LogP contribution < -0.4 is 10.6 Å². The van der Waals surface area contributed by atoms with Gasteiger partial charge in [0.15, 0.2) is 0 Å². The van der Waals surface area contributed by atoms with Crippen LogP contribution in [-0.2, 0) is 14.8 Å². The monoisotopic (exact) mass is 595 g/mol. The normalized spacial score (nSPS) is 17.8. The van der Waals surface area contributed by atoms with Crippen molar-refractivity contribution in [1.29, 1.82) is 0 Å². The Morgan fingerprint density at radius 1 is 1.08 bits per heavy atom. The lowest BCUT2D eigenvalue weighted by atomic mass is 10.0. The average molecular weight is 597 g/mol. The van der Waals surface area contributed by atoms with Crippen molar-refractivity contribution in [3.8, 4) is 0 Å². The summed E-state index contributed by atoms with van der Waals surface area (Å²) >= 11 is 13.5. The van der Waals surface area contributed by atoms with Crippen LogP contribution in [0.3, 0.4) is 0 Å². The van der Waals surface area contributed by atoms with Gasteiger partial charge in [0.2, 0.25) is 15.9 Å². The smallest absolute Gasteiger partial charge is 0.262 e. The van der Waals surface area contributed by atoms with Crippen molar-refractivity contribution in [2.75, 3.05) is 13.1 Å². The number of hydrogen-bond donors (Lipinski definition) is 2. The highest BCUT2D eigenvalue weighted by atomic mass is 35.5. The first kappa shape index (κ1) is 28.8. The molecule has 0 unspecified atom stereocenters. The number of amides is 2. The van der Waals surface area contributed by atoms with Gasteiger partial charge in [0.05, 0.1) is 9.90 Å². The van der Waals surface area contributed by atoms with Gasteiger partial charge in [0, 0.05) is 28.9 Å². The Labute approximate surface area is 237 Å². The molecule has 2 aromatic carbocycles. The number of sulfonamides is 1. The van der Waals surface area contributed by atoms with E-state index in [0.29, 0.717) is 42.1 Å². The molecule has 2 heterocycles. The molecule has 0 saturated carbocycles. The minimum Gasteiger partial charge on any atom is -0.352 e. The van der Waals surface area contributed by atoms with Crippen molar-refractivity contribution < 1.29 is 18.0 Å². The van der Waals surface area contributed by atoms with Gasteiger partial charge in [-0.25, -0.2) is 8.42 Å². The van der Waals surface area contributed by atoms with Crippen molar-refractivity contribution in [2.24, 2.45) is 5.92 Å². The van der Waals surface area contributed by atoms with Gasteiger partial charge in [-0.2, -0.15) is 4.31 Å². The molecule has 0 bridgehead atoms. The molecule has 2 N–H and O–H groups in total. The molecule has 0 aliphatic carbocycles. The number of nitrogens with zero attached hydrogens (tertiary/aromatic N) is 1. The summed E-state index contributed by atoms with van der Waals surface area (Å²) < 4.78 is 28.9. The minimum absolute atomic E-state index is 0.0204. The Morgan fingerprint density at radius 2 is 1.84 bits per heavy atom. The standard InChI is InChI=1S/C27H31Cl2N3O4S2/c1-17(2)14-22(31-27(34)24-15-18-6-3-4-8-23(18)37-24)26(33)30-20-7-5-12-32(13-11-20)38(35,36)25-10-9-19(28)16-21(25)29/h3-4,6,8-10,15-17,20,22H,5,7,11-14H2,1-2H3,(H,30,33)(H,31,34)/t20-,22+/m1/s1. The lowest BCUT2D eigenvalue weighted by Crippen LogP contribution is -2.50. The summed E-state index contributed by atoms with van der Waals surface area (Å²) in [5.74, 6) is -0.340. The van der Waals surface area contributed by atoms with E-state index in [9.17, 15) is 18.0 Å². The third kappa shape index (κ3) is 6.87. The molecule has 3 aromatic rings. The van der Waals surface area contributed by atoms with Gasteiger partial charge in [0.1, 0.15) is 10.9 Å². The van der Waals surface area contributed by atoms with Crippen molar-refractivity contribution in [3.05, 3.63) is 63.5 Å². The fourth-order valence-electron chi connectivity index (χ4n) is 4.61. The third-order valence-corrected chi connectivity index (χ3v) is 10.3. The summed E-state index contributed by atoms with van der Waals surface area (Å²) in [5, 5.41) is 7.42. The van der Waals surface area contributed by atoms with Crippen LogP contribution in [0.15, 0.2) is 53.4 Å². The molecule has 2 amide bonds. The second-order valence-electron chi connectivity index (χ2n) is 9.92. The lowest BCUT2D eigenvalue weighted by molar-refractivity contribution is -0.124. The molecule has 204 valence electrons. The predicted octanol–water partition coefficient (Wildman–Crippen LogP) is 5.71. The first-order valence-electron chi connectivity index (χ1n) is 12.6. The zero-order valence-corrected chi connectivity index (χ0v) is 24.4. The summed E-state index contributed by atoms with van der Waals surface area (Å²) in [7, 11) is -3.80. The van der Waals surface area contributed by atoms with Crippen molar-refractivity contribution in [3.63, 3.8) is 0 Å². The molecule has 2 atom stereocenters. The lowest BCUT2D eigenvalue weighted by Gasteiger charge is -2.24. The van der Waals surface area contributed by atoms with Crippen LogP contribution in [0.4, 0.5) is 0 Å². The Kier molecular flexibility index (Phi) is 9.36. The van der Waals surface area contributed by atoms with Crippen LogP contribution in [-0.4, -0.2) is 49.7 Å². The van der Waals surface area contributed by atoms with Crippen LogP contribution in [0.2, 0.25) is 10.0 Å². The van der Waals surface area contributed by atoms with Crippen molar-refractivity contribution in [1.82, 2.24) is 14.9 Å². The molecular formula is C27H31Cl2N3O4S2. The minimum atomic E-state index is -3.80. The molecule has 1 aliphatic heterocycles. The van der Waals surface area contributed by atoms with Crippen LogP contribution in [0.5, 0.6) is 0 Å². The zero-order chi connectivity index (χ0) is 27.4. The third-order valence-electron chi connectivity index (χ3n) is 6.52. The fourth-order valence-corrected chi connectivity index (χ4v) is 7.81. The topological polar surface area (TPSA) is 95.6 Å². The van der Waals surface area contributed by atoms with Crippen LogP contribution in [0.25, 0.3) is 10.1 Å². The molecule has 0 radical (unpaired) electrons. The van der Waals surface area contributed by atoms with Gasteiger partial charge in [-0.3, -0.25) is 9.59 Å².